The van der Waals surface area contributed by atoms with Crippen LogP contribution in [-0.2, 0) is 11.2 Å². The molecule has 1 aromatic carbocycles. The Labute approximate surface area is 112 Å². The van der Waals surface area contributed by atoms with Gasteiger partial charge in [0.1, 0.15) is 11.5 Å². The molecule has 1 fully saturated rings. The predicted molar refractivity (Wildman–Crippen MR) is 71.1 cm³/mol. The highest BCUT2D eigenvalue weighted by Crippen LogP contribution is 2.32. The van der Waals surface area contributed by atoms with E-state index in [1.165, 1.54) is 12.8 Å². The number of amides is 1. The van der Waals surface area contributed by atoms with Gasteiger partial charge in [0.2, 0.25) is 5.91 Å². The van der Waals surface area contributed by atoms with Gasteiger partial charge in [-0.15, -0.1) is 0 Å². The van der Waals surface area contributed by atoms with E-state index in [4.69, 9.17) is 4.74 Å². The first-order valence-electron chi connectivity index (χ1n) is 6.92. The van der Waals surface area contributed by atoms with Crippen molar-refractivity contribution in [2.45, 2.75) is 25.7 Å². The largest absolute Gasteiger partial charge is 0.508 e. The maximum atomic E-state index is 11.6. The molecular weight excluding hydrogens is 242 g/mol. The summed E-state index contributed by atoms with van der Waals surface area (Å²) in [4.78, 5) is 11.6. The van der Waals surface area contributed by atoms with E-state index in [9.17, 15) is 9.90 Å². The van der Waals surface area contributed by atoms with Crippen LogP contribution in [0.5, 0.6) is 11.5 Å². The molecule has 1 aromatic rings. The Morgan fingerprint density at radius 1 is 1.37 bits per heavy atom. The maximum Gasteiger partial charge on any atom is 0.220 e. The molecule has 2 N–H and O–H groups in total. The topological polar surface area (TPSA) is 58.6 Å². The lowest BCUT2D eigenvalue weighted by Crippen LogP contribution is -2.34. The van der Waals surface area contributed by atoms with Gasteiger partial charge in [0.05, 0.1) is 6.61 Å². The van der Waals surface area contributed by atoms with Crippen LogP contribution in [0, 0.1) is 11.8 Å². The van der Waals surface area contributed by atoms with E-state index in [0.717, 1.165) is 17.7 Å². The van der Waals surface area contributed by atoms with Gasteiger partial charge in [-0.25, -0.2) is 0 Å². The Kier molecular flexibility index (Phi) is 3.32. The minimum atomic E-state index is 0.157. The highest BCUT2D eigenvalue weighted by molar-refractivity contribution is 5.76. The van der Waals surface area contributed by atoms with Crippen LogP contribution < -0.4 is 10.1 Å². The zero-order valence-electron chi connectivity index (χ0n) is 10.9. The number of carbonyl (C=O) groups is 1. The molecule has 0 saturated heterocycles. The molecule has 1 amide bonds. The van der Waals surface area contributed by atoms with E-state index in [0.29, 0.717) is 25.5 Å². The second-order valence-electron chi connectivity index (χ2n) is 5.62. The molecule has 0 aromatic heterocycles. The van der Waals surface area contributed by atoms with Crippen LogP contribution in [-0.4, -0.2) is 24.2 Å². The third kappa shape index (κ3) is 3.19. The van der Waals surface area contributed by atoms with Crippen molar-refractivity contribution in [3.8, 4) is 11.5 Å². The number of nitrogens with one attached hydrogen (secondary N) is 1. The van der Waals surface area contributed by atoms with Crippen LogP contribution >= 0.6 is 0 Å². The van der Waals surface area contributed by atoms with Crippen molar-refractivity contribution in [2.75, 3.05) is 13.2 Å². The summed E-state index contributed by atoms with van der Waals surface area (Å²) in [6.45, 7) is 1.28. The summed E-state index contributed by atoms with van der Waals surface area (Å²) in [6.07, 6.45) is 3.91. The average molecular weight is 261 g/mol. The first-order valence-corrected chi connectivity index (χ1v) is 6.92. The van der Waals surface area contributed by atoms with Crippen LogP contribution in [0.4, 0.5) is 0 Å². The van der Waals surface area contributed by atoms with E-state index in [1.807, 2.05) is 0 Å². The third-order valence-electron chi connectivity index (χ3n) is 3.79. The van der Waals surface area contributed by atoms with E-state index in [-0.39, 0.29) is 17.6 Å². The number of fused-ring (bicyclic) bond motifs is 1. The molecule has 19 heavy (non-hydrogen) atoms. The Bertz CT molecular complexity index is 482. The summed E-state index contributed by atoms with van der Waals surface area (Å²) in [5.74, 6) is 2.18. The first-order chi connectivity index (χ1) is 9.20. The van der Waals surface area contributed by atoms with Crippen LogP contribution in [0.3, 0.4) is 0 Å². The molecule has 1 saturated carbocycles. The van der Waals surface area contributed by atoms with Crippen molar-refractivity contribution in [3.05, 3.63) is 23.8 Å². The van der Waals surface area contributed by atoms with Crippen LogP contribution in [0.15, 0.2) is 18.2 Å². The molecular formula is C15H19NO3. The number of phenolic OH excluding ortho intramolecular Hbond substituents is 1. The molecule has 4 heteroatoms. The zero-order valence-corrected chi connectivity index (χ0v) is 10.9. The molecule has 2 aliphatic rings. The Hall–Kier alpha value is -1.71. The number of ether oxygens (including phenoxy) is 1. The first kappa shape index (κ1) is 12.3. The second-order valence-corrected chi connectivity index (χ2v) is 5.62. The number of carbonyl (C=O) groups excluding carboxylic acids is 1. The van der Waals surface area contributed by atoms with E-state index in [2.05, 4.69) is 5.32 Å². The van der Waals surface area contributed by atoms with Gasteiger partial charge in [0.25, 0.3) is 0 Å². The fourth-order valence-electron chi connectivity index (χ4n) is 2.49. The van der Waals surface area contributed by atoms with Crippen molar-refractivity contribution in [1.82, 2.24) is 5.32 Å². The molecule has 3 rings (SSSR count). The van der Waals surface area contributed by atoms with Gasteiger partial charge < -0.3 is 15.2 Å². The van der Waals surface area contributed by atoms with Crippen molar-refractivity contribution in [2.24, 2.45) is 11.8 Å². The van der Waals surface area contributed by atoms with E-state index in [1.54, 1.807) is 18.2 Å². The SMILES string of the molecule is O=C(CC1CC1)NCC1COc2ccc(O)cc2C1. The number of rotatable bonds is 4. The predicted octanol–water partition coefficient (Wildman–Crippen LogP) is 1.86. The molecule has 1 heterocycles. The minimum absolute atomic E-state index is 0.157. The van der Waals surface area contributed by atoms with Gasteiger partial charge >= 0.3 is 0 Å². The number of hydrogen-bond acceptors (Lipinski definition) is 3. The molecule has 0 radical (unpaired) electrons. The lowest BCUT2D eigenvalue weighted by Gasteiger charge is -2.25. The van der Waals surface area contributed by atoms with E-state index < -0.39 is 0 Å². The minimum Gasteiger partial charge on any atom is -0.508 e. The van der Waals surface area contributed by atoms with Gasteiger partial charge in [0.15, 0.2) is 0 Å². The van der Waals surface area contributed by atoms with Crippen molar-refractivity contribution >= 4 is 5.91 Å². The maximum absolute atomic E-state index is 11.6. The smallest absolute Gasteiger partial charge is 0.220 e. The van der Waals surface area contributed by atoms with Crippen LogP contribution in [0.2, 0.25) is 0 Å². The van der Waals surface area contributed by atoms with Gasteiger partial charge in [-0.3, -0.25) is 4.79 Å². The lowest BCUT2D eigenvalue weighted by molar-refractivity contribution is -0.121. The molecule has 1 atom stereocenters. The summed E-state index contributed by atoms with van der Waals surface area (Å²) in [5.41, 5.74) is 1.02. The van der Waals surface area contributed by atoms with Crippen molar-refractivity contribution in [1.29, 1.82) is 0 Å². The second kappa shape index (κ2) is 5.11. The summed E-state index contributed by atoms with van der Waals surface area (Å²) in [6, 6.07) is 5.18. The van der Waals surface area contributed by atoms with Gasteiger partial charge in [0, 0.05) is 18.9 Å². The number of benzene rings is 1. The number of hydrogen-bond donors (Lipinski definition) is 2. The molecule has 4 nitrogen and oxygen atoms in total. The highest BCUT2D eigenvalue weighted by Gasteiger charge is 2.25. The molecule has 1 unspecified atom stereocenters. The molecule has 1 aliphatic heterocycles. The van der Waals surface area contributed by atoms with E-state index >= 15 is 0 Å². The van der Waals surface area contributed by atoms with Gasteiger partial charge in [-0.1, -0.05) is 0 Å². The lowest BCUT2D eigenvalue weighted by atomic mass is 9.96. The molecule has 102 valence electrons. The quantitative estimate of drug-likeness (QED) is 0.869. The summed E-state index contributed by atoms with van der Waals surface area (Å²) in [5, 5.41) is 12.5. The van der Waals surface area contributed by atoms with Crippen molar-refractivity contribution < 1.29 is 14.6 Å². The number of phenols is 1. The molecule has 0 bridgehead atoms. The van der Waals surface area contributed by atoms with Gasteiger partial charge in [-0.2, -0.15) is 0 Å². The fourth-order valence-corrected chi connectivity index (χ4v) is 2.49. The summed E-state index contributed by atoms with van der Waals surface area (Å²) < 4.78 is 5.65. The average Bonchev–Trinajstić information content (AvgIpc) is 3.19. The Morgan fingerprint density at radius 2 is 2.21 bits per heavy atom. The normalized spacial score (nSPS) is 21.4. The highest BCUT2D eigenvalue weighted by atomic mass is 16.5. The molecule has 0 spiro atoms. The monoisotopic (exact) mass is 261 g/mol. The zero-order chi connectivity index (χ0) is 13.2. The van der Waals surface area contributed by atoms with Gasteiger partial charge in [-0.05, 0) is 48.9 Å². The third-order valence-corrected chi connectivity index (χ3v) is 3.79. The van der Waals surface area contributed by atoms with Crippen LogP contribution in [0.25, 0.3) is 0 Å². The van der Waals surface area contributed by atoms with Crippen LogP contribution in [0.1, 0.15) is 24.8 Å². The number of aromatic hydroxyl groups is 1. The Morgan fingerprint density at radius 3 is 3.00 bits per heavy atom. The summed E-state index contributed by atoms with van der Waals surface area (Å²) >= 11 is 0. The summed E-state index contributed by atoms with van der Waals surface area (Å²) in [7, 11) is 0. The van der Waals surface area contributed by atoms with Crippen molar-refractivity contribution in [3.63, 3.8) is 0 Å². The Balaban J connectivity index is 1.51. The standard InChI is InChI=1S/C15H19NO3/c17-13-3-4-14-12(7-13)5-11(9-19-14)8-16-15(18)6-10-1-2-10/h3-4,7,10-11,17H,1-2,5-6,8-9H2,(H,16,18). The fraction of sp³-hybridized carbons (Fsp3) is 0.533. The molecule has 1 aliphatic carbocycles.